The van der Waals surface area contributed by atoms with Gasteiger partial charge < -0.3 is 0 Å². The van der Waals surface area contributed by atoms with Crippen LogP contribution in [0.3, 0.4) is 0 Å². The molecule has 14 heteroatoms. The van der Waals surface area contributed by atoms with Crippen LogP contribution in [0.15, 0.2) is 0 Å². The van der Waals surface area contributed by atoms with E-state index in [1.54, 1.807) is 0 Å². The van der Waals surface area contributed by atoms with E-state index in [0.717, 1.165) is 38.5 Å². The summed E-state index contributed by atoms with van der Waals surface area (Å²) in [5, 5.41) is 0. The van der Waals surface area contributed by atoms with Crippen LogP contribution in [0.1, 0.15) is 142 Å². The van der Waals surface area contributed by atoms with E-state index in [9.17, 15) is 28.8 Å². The van der Waals surface area contributed by atoms with E-state index in [0.29, 0.717) is 38.5 Å². The van der Waals surface area contributed by atoms with Gasteiger partial charge in [-0.05, 0) is 0 Å². The first-order chi connectivity index (χ1) is 21.1. The van der Waals surface area contributed by atoms with Gasteiger partial charge in [0.1, 0.15) is 0 Å². The van der Waals surface area contributed by atoms with Crippen molar-refractivity contribution in [1.82, 2.24) is 0 Å². The summed E-state index contributed by atoms with van der Waals surface area (Å²) in [4.78, 5) is 75.6. The molecule has 0 aliphatic carbocycles. The van der Waals surface area contributed by atoms with Crippen LogP contribution < -0.4 is 0 Å². The summed E-state index contributed by atoms with van der Waals surface area (Å²) < 4.78 is 34.5. The van der Waals surface area contributed by atoms with Gasteiger partial charge in [-0.25, -0.2) is 0 Å². The van der Waals surface area contributed by atoms with Crippen molar-refractivity contribution in [1.29, 1.82) is 0 Å². The van der Waals surface area contributed by atoms with Gasteiger partial charge in [-0.2, -0.15) is 0 Å². The van der Waals surface area contributed by atoms with E-state index in [4.69, 9.17) is 18.4 Å². The van der Waals surface area contributed by atoms with Crippen LogP contribution in [0.4, 0.5) is 0 Å². The third-order valence-electron chi connectivity index (χ3n) is 7.32. The van der Waals surface area contributed by atoms with Gasteiger partial charge in [-0.1, -0.05) is 0 Å². The Morgan fingerprint density at radius 3 is 1.14 bits per heavy atom. The number of carbonyl (C=O) groups is 6. The summed E-state index contributed by atoms with van der Waals surface area (Å²) in [6.45, 7) is 4.12. The van der Waals surface area contributed by atoms with Crippen molar-refractivity contribution in [3.63, 3.8) is 0 Å². The molecule has 12 nitrogen and oxygen atoms in total. The van der Waals surface area contributed by atoms with Crippen molar-refractivity contribution in [2.75, 3.05) is 0 Å². The Morgan fingerprint density at radius 2 is 0.841 bits per heavy atom. The molecule has 2 saturated heterocycles. The summed E-state index contributed by atoms with van der Waals surface area (Å²) in [6, 6.07) is 0. The van der Waals surface area contributed by atoms with Gasteiger partial charge in [0.25, 0.3) is 0 Å². The normalized spacial score (nSPS) is 18.9. The van der Waals surface area contributed by atoms with Crippen LogP contribution in [0.2, 0.25) is 8.87 Å². The molecule has 0 aromatic carbocycles. The third-order valence-corrected chi connectivity index (χ3v) is 22.1. The van der Waals surface area contributed by atoms with Gasteiger partial charge in [-0.3, -0.25) is 0 Å². The Labute approximate surface area is 271 Å². The molecule has 2 aliphatic heterocycles. The van der Waals surface area contributed by atoms with Gasteiger partial charge in [-0.15, -0.1) is 0 Å². The Kier molecular flexibility index (Phi) is 18.6. The number of hydrogen-bond acceptors (Lipinski definition) is 12. The second-order valence-electron chi connectivity index (χ2n) is 11.5. The maximum absolute atomic E-state index is 12.9. The van der Waals surface area contributed by atoms with Crippen molar-refractivity contribution in [3.8, 4) is 0 Å². The average molecular weight is 840 g/mol. The summed E-state index contributed by atoms with van der Waals surface area (Å²) in [7, 11) is 0. The number of rotatable bonds is 17. The second kappa shape index (κ2) is 21.3. The van der Waals surface area contributed by atoms with E-state index in [-0.39, 0.29) is 60.2 Å². The zero-order valence-electron chi connectivity index (χ0n) is 26.5. The molecular formula is C30H50O12Sn2. The van der Waals surface area contributed by atoms with Crippen LogP contribution in [-0.4, -0.2) is 75.1 Å². The van der Waals surface area contributed by atoms with Gasteiger partial charge in [0.15, 0.2) is 0 Å². The topological polar surface area (TPSA) is 158 Å². The molecule has 2 fully saturated rings. The Hall–Kier alpha value is -1.58. The zero-order valence-corrected chi connectivity index (χ0v) is 32.2. The first-order valence-corrected chi connectivity index (χ1v) is 27.4. The van der Waals surface area contributed by atoms with Gasteiger partial charge in [0, 0.05) is 0 Å². The van der Waals surface area contributed by atoms with Crippen LogP contribution >= 0.6 is 0 Å². The van der Waals surface area contributed by atoms with Crippen molar-refractivity contribution in [2.45, 2.75) is 151 Å². The zero-order chi connectivity index (χ0) is 32.3. The minimum atomic E-state index is -4.87. The van der Waals surface area contributed by atoms with E-state index in [2.05, 4.69) is 13.8 Å². The second-order valence-corrected chi connectivity index (χ2v) is 25.6. The predicted molar refractivity (Wildman–Crippen MR) is 161 cm³/mol. The molecule has 2 aliphatic rings. The van der Waals surface area contributed by atoms with Crippen molar-refractivity contribution in [3.05, 3.63) is 0 Å². The first-order valence-electron chi connectivity index (χ1n) is 16.4. The van der Waals surface area contributed by atoms with Gasteiger partial charge in [0.05, 0.1) is 0 Å². The molecule has 0 radical (unpaired) electrons. The van der Waals surface area contributed by atoms with E-state index in [1.165, 1.54) is 0 Å². The van der Waals surface area contributed by atoms with Gasteiger partial charge >= 0.3 is 273 Å². The summed E-state index contributed by atoms with van der Waals surface area (Å²) >= 11 is -9.73. The Morgan fingerprint density at radius 1 is 0.523 bits per heavy atom. The Balaban J connectivity index is 1.98. The van der Waals surface area contributed by atoms with Crippen molar-refractivity contribution in [2.24, 2.45) is 0 Å². The van der Waals surface area contributed by atoms with E-state index < -0.39 is 75.1 Å². The molecule has 0 aromatic heterocycles. The molecule has 0 N–H and O–H groups in total. The monoisotopic (exact) mass is 842 g/mol. The van der Waals surface area contributed by atoms with E-state index >= 15 is 0 Å². The van der Waals surface area contributed by atoms with Crippen molar-refractivity contribution < 1.29 is 47.2 Å². The summed E-state index contributed by atoms with van der Waals surface area (Å²) in [6.07, 6.45) is 9.68. The average Bonchev–Trinajstić information content (AvgIpc) is 3.07. The van der Waals surface area contributed by atoms with Crippen LogP contribution in [-0.2, 0) is 47.2 Å². The van der Waals surface area contributed by atoms with Gasteiger partial charge in [0.2, 0.25) is 0 Å². The molecule has 0 atom stereocenters. The van der Waals surface area contributed by atoms with Crippen molar-refractivity contribution >= 4 is 75.1 Å². The molecule has 0 amide bonds. The first kappa shape index (κ1) is 38.6. The molecule has 0 unspecified atom stereocenters. The van der Waals surface area contributed by atoms with Crippen LogP contribution in [0, 0.1) is 0 Å². The molecule has 0 bridgehead atoms. The fraction of sp³-hybridized carbons (Fsp3) is 0.800. The van der Waals surface area contributed by atoms with Crippen LogP contribution in [0.25, 0.3) is 0 Å². The number of unbranched alkanes of at least 4 members (excludes halogenated alkanes) is 7. The van der Waals surface area contributed by atoms with E-state index in [1.807, 2.05) is 0 Å². The molecule has 250 valence electrons. The molecule has 2 rings (SSSR count). The molecule has 0 aromatic rings. The fourth-order valence-corrected chi connectivity index (χ4v) is 19.0. The minimum absolute atomic E-state index is 0.0780. The molecule has 0 spiro atoms. The summed E-state index contributed by atoms with van der Waals surface area (Å²) in [5.41, 5.74) is 0. The number of hydrogen-bond donors (Lipinski definition) is 0. The summed E-state index contributed by atoms with van der Waals surface area (Å²) in [5.74, 6) is -3.33. The Bertz CT molecular complexity index is 854. The third kappa shape index (κ3) is 15.6. The molecule has 44 heavy (non-hydrogen) atoms. The molecule has 0 saturated carbocycles. The number of carbonyl (C=O) groups excluding carboxylic acids is 6. The SMILES string of the molecule is CCCCC[CH2][Sn]1([O]C(=O)CCCCC(=O)[O][Sn]2([CH2]CCCCC)[O]C(=O)CCCCC(=O)[O]2)[O]C(=O)CCCCC(=O)[O]1. The predicted octanol–water partition coefficient (Wildman–Crippen LogP) is 5.99. The van der Waals surface area contributed by atoms with Crippen LogP contribution in [0.5, 0.6) is 0 Å². The molecule has 2 heterocycles. The molecular weight excluding hydrogens is 790 g/mol. The fourth-order valence-electron chi connectivity index (χ4n) is 4.93. The maximum atomic E-state index is 12.9. The quantitative estimate of drug-likeness (QED) is 0.125. The standard InChI is InChI=1S/3C6H10O4.2C6H13.2Sn/c3*7-5(8)3-1-2-4-6(9)10;2*1-3-5-6-4-2;;/h3*1-4H2,(H,7,8)(H,9,10);2*1,3-6H2,2H3;;/q;;;;;2*+3/p-6.